The van der Waals surface area contributed by atoms with Crippen LogP contribution in [-0.4, -0.2) is 17.4 Å². The molecule has 0 aliphatic carbocycles. The highest BCUT2D eigenvalue weighted by molar-refractivity contribution is 7.09. The first-order valence-corrected chi connectivity index (χ1v) is 7.52. The van der Waals surface area contributed by atoms with Crippen molar-refractivity contribution >= 4 is 22.9 Å². The molecule has 2 rings (SSSR count). The third-order valence-corrected chi connectivity index (χ3v) is 4.07. The molecule has 0 aliphatic heterocycles. The third-order valence-electron chi connectivity index (χ3n) is 2.93. The zero-order valence-electron chi connectivity index (χ0n) is 11.7. The second-order valence-corrected chi connectivity index (χ2v) is 5.86. The van der Waals surface area contributed by atoms with Crippen LogP contribution in [0.25, 0.3) is 0 Å². The number of carbonyl (C=O) groups is 1. The Morgan fingerprint density at radius 1 is 1.35 bits per heavy atom. The van der Waals surface area contributed by atoms with Crippen molar-refractivity contribution in [2.75, 3.05) is 12.3 Å². The highest BCUT2D eigenvalue weighted by Crippen LogP contribution is 2.18. The number of thiazole rings is 1. The van der Waals surface area contributed by atoms with Crippen molar-refractivity contribution in [1.82, 2.24) is 10.3 Å². The van der Waals surface area contributed by atoms with Gasteiger partial charge in [0.05, 0.1) is 5.01 Å². The number of rotatable bonds is 5. The van der Waals surface area contributed by atoms with Crippen molar-refractivity contribution in [2.24, 2.45) is 0 Å². The van der Waals surface area contributed by atoms with E-state index in [1.54, 1.807) is 0 Å². The smallest absolute Gasteiger partial charge is 0.270 e. The van der Waals surface area contributed by atoms with Crippen molar-refractivity contribution in [2.45, 2.75) is 26.2 Å². The van der Waals surface area contributed by atoms with E-state index in [9.17, 15) is 4.79 Å². The number of anilines is 1. The van der Waals surface area contributed by atoms with Gasteiger partial charge in [0.2, 0.25) is 0 Å². The van der Waals surface area contributed by atoms with Gasteiger partial charge in [-0.05, 0) is 24.1 Å². The zero-order valence-corrected chi connectivity index (χ0v) is 12.5. The van der Waals surface area contributed by atoms with E-state index in [2.05, 4.69) is 24.1 Å². The summed E-state index contributed by atoms with van der Waals surface area (Å²) >= 11 is 1.53. The summed E-state index contributed by atoms with van der Waals surface area (Å²) in [6, 6.07) is 7.68. The fourth-order valence-electron chi connectivity index (χ4n) is 1.75. The number of carbonyl (C=O) groups excluding carboxylic acids is 1. The molecule has 1 aromatic heterocycles. The molecule has 2 aromatic rings. The average Bonchev–Trinajstić information content (AvgIpc) is 2.91. The lowest BCUT2D eigenvalue weighted by molar-refractivity contribution is 0.0949. The maximum atomic E-state index is 11.9. The number of nitrogen functional groups attached to an aromatic ring is 1. The van der Waals surface area contributed by atoms with E-state index in [0.717, 1.165) is 22.7 Å². The number of hydrogen-bond acceptors (Lipinski definition) is 4. The van der Waals surface area contributed by atoms with Crippen LogP contribution in [0.15, 0.2) is 29.6 Å². The Hall–Kier alpha value is -1.88. The second kappa shape index (κ2) is 6.52. The molecule has 5 heteroatoms. The quantitative estimate of drug-likeness (QED) is 0.832. The van der Waals surface area contributed by atoms with Crippen LogP contribution in [0.2, 0.25) is 0 Å². The Bertz CT molecular complexity index is 575. The fraction of sp³-hybridized carbons (Fsp3) is 0.333. The van der Waals surface area contributed by atoms with Crippen LogP contribution in [0.1, 0.15) is 40.8 Å². The predicted octanol–water partition coefficient (Wildman–Crippen LogP) is 2.82. The Balaban J connectivity index is 1.84. The summed E-state index contributed by atoms with van der Waals surface area (Å²) in [4.78, 5) is 16.3. The number of hydrogen-bond donors (Lipinski definition) is 2. The van der Waals surface area contributed by atoms with Crippen molar-refractivity contribution in [3.05, 3.63) is 45.9 Å². The molecule has 0 radical (unpaired) electrons. The highest BCUT2D eigenvalue weighted by Gasteiger charge is 2.11. The SMILES string of the molecule is CC(C)c1nc(C(=O)NCCc2ccc(N)cc2)cs1. The van der Waals surface area contributed by atoms with Gasteiger partial charge in [0, 0.05) is 23.5 Å². The molecule has 1 aromatic carbocycles. The number of nitrogens with one attached hydrogen (secondary N) is 1. The molecule has 0 aliphatic rings. The standard InChI is InChI=1S/C15H19N3OS/c1-10(2)15-18-13(9-20-15)14(19)17-8-7-11-3-5-12(16)6-4-11/h3-6,9-10H,7-8,16H2,1-2H3,(H,17,19). The molecule has 106 valence electrons. The number of benzene rings is 1. The minimum Gasteiger partial charge on any atom is -0.399 e. The van der Waals surface area contributed by atoms with E-state index in [0.29, 0.717) is 18.2 Å². The summed E-state index contributed by atoms with van der Waals surface area (Å²) in [6.07, 6.45) is 0.785. The van der Waals surface area contributed by atoms with Crippen LogP contribution in [0.3, 0.4) is 0 Å². The highest BCUT2D eigenvalue weighted by atomic mass is 32.1. The largest absolute Gasteiger partial charge is 0.399 e. The molecule has 0 spiro atoms. The van der Waals surface area contributed by atoms with Gasteiger partial charge in [0.1, 0.15) is 5.69 Å². The Labute approximate surface area is 123 Å². The van der Waals surface area contributed by atoms with E-state index < -0.39 is 0 Å². The lowest BCUT2D eigenvalue weighted by Crippen LogP contribution is -2.26. The van der Waals surface area contributed by atoms with E-state index in [4.69, 9.17) is 5.73 Å². The van der Waals surface area contributed by atoms with Gasteiger partial charge in [-0.15, -0.1) is 11.3 Å². The molecule has 3 N–H and O–H groups in total. The van der Waals surface area contributed by atoms with Crippen LogP contribution >= 0.6 is 11.3 Å². The molecule has 20 heavy (non-hydrogen) atoms. The zero-order chi connectivity index (χ0) is 14.5. The summed E-state index contributed by atoms with van der Waals surface area (Å²) in [5.41, 5.74) is 8.04. The minimum absolute atomic E-state index is 0.108. The molecule has 0 saturated carbocycles. The molecule has 0 fully saturated rings. The number of nitrogens with two attached hydrogens (primary N) is 1. The van der Waals surface area contributed by atoms with Crippen LogP contribution in [-0.2, 0) is 6.42 Å². The summed E-state index contributed by atoms with van der Waals surface area (Å²) in [5, 5.41) is 5.70. The van der Waals surface area contributed by atoms with E-state index in [1.165, 1.54) is 11.3 Å². The topological polar surface area (TPSA) is 68.0 Å². The van der Waals surface area contributed by atoms with Gasteiger partial charge in [0.15, 0.2) is 0 Å². The van der Waals surface area contributed by atoms with Crippen molar-refractivity contribution < 1.29 is 4.79 Å². The monoisotopic (exact) mass is 289 g/mol. The van der Waals surface area contributed by atoms with E-state index >= 15 is 0 Å². The molecular weight excluding hydrogens is 270 g/mol. The van der Waals surface area contributed by atoms with Crippen LogP contribution in [0, 0.1) is 0 Å². The van der Waals surface area contributed by atoms with Gasteiger partial charge >= 0.3 is 0 Å². The normalized spacial score (nSPS) is 10.8. The predicted molar refractivity (Wildman–Crippen MR) is 83.1 cm³/mol. The Morgan fingerprint density at radius 3 is 2.65 bits per heavy atom. The van der Waals surface area contributed by atoms with Crippen LogP contribution in [0.4, 0.5) is 5.69 Å². The van der Waals surface area contributed by atoms with Crippen LogP contribution in [0.5, 0.6) is 0 Å². The van der Waals surface area contributed by atoms with Gasteiger partial charge in [-0.2, -0.15) is 0 Å². The van der Waals surface area contributed by atoms with Crippen molar-refractivity contribution in [3.8, 4) is 0 Å². The molecule has 0 bridgehead atoms. The number of aromatic nitrogens is 1. The maximum Gasteiger partial charge on any atom is 0.270 e. The molecule has 4 nitrogen and oxygen atoms in total. The van der Waals surface area contributed by atoms with Gasteiger partial charge in [0.25, 0.3) is 5.91 Å². The minimum atomic E-state index is -0.108. The first kappa shape index (κ1) is 14.5. The lowest BCUT2D eigenvalue weighted by Gasteiger charge is -2.04. The third kappa shape index (κ3) is 3.81. The van der Waals surface area contributed by atoms with Crippen molar-refractivity contribution in [1.29, 1.82) is 0 Å². The molecular formula is C15H19N3OS. The first-order valence-electron chi connectivity index (χ1n) is 6.64. The van der Waals surface area contributed by atoms with Crippen molar-refractivity contribution in [3.63, 3.8) is 0 Å². The second-order valence-electron chi connectivity index (χ2n) is 4.97. The first-order chi connectivity index (χ1) is 9.56. The van der Waals surface area contributed by atoms with Gasteiger partial charge < -0.3 is 11.1 Å². The maximum absolute atomic E-state index is 11.9. The van der Waals surface area contributed by atoms with Gasteiger partial charge in [-0.1, -0.05) is 26.0 Å². The average molecular weight is 289 g/mol. The summed E-state index contributed by atoms with van der Waals surface area (Å²) < 4.78 is 0. The molecule has 0 unspecified atom stereocenters. The molecule has 1 amide bonds. The van der Waals surface area contributed by atoms with Crippen LogP contribution < -0.4 is 11.1 Å². The van der Waals surface area contributed by atoms with E-state index in [1.807, 2.05) is 29.6 Å². The van der Waals surface area contributed by atoms with E-state index in [-0.39, 0.29) is 5.91 Å². The Kier molecular flexibility index (Phi) is 4.74. The summed E-state index contributed by atoms with van der Waals surface area (Å²) in [7, 11) is 0. The number of amides is 1. The summed E-state index contributed by atoms with van der Waals surface area (Å²) in [6.45, 7) is 4.74. The summed E-state index contributed by atoms with van der Waals surface area (Å²) in [5.74, 6) is 0.250. The number of nitrogens with zero attached hydrogens (tertiary/aromatic N) is 1. The Morgan fingerprint density at radius 2 is 2.05 bits per heavy atom. The van der Waals surface area contributed by atoms with Gasteiger partial charge in [-0.3, -0.25) is 4.79 Å². The van der Waals surface area contributed by atoms with Gasteiger partial charge in [-0.25, -0.2) is 4.98 Å². The lowest BCUT2D eigenvalue weighted by atomic mass is 10.1. The molecule has 1 heterocycles. The fourth-order valence-corrected chi connectivity index (χ4v) is 2.57. The molecule has 0 saturated heterocycles. The molecule has 0 atom stereocenters.